The third-order valence-corrected chi connectivity index (χ3v) is 4.21. The number of aromatic amines is 1. The Bertz CT molecular complexity index is 949. The number of nitrogens with one attached hydrogen (secondary N) is 3. The lowest BCUT2D eigenvalue weighted by molar-refractivity contribution is -0.118. The number of fused-ring (bicyclic) bond motifs is 1. The van der Waals surface area contributed by atoms with Crippen LogP contribution in [0.4, 0.5) is 10.1 Å². The van der Waals surface area contributed by atoms with E-state index >= 15 is 0 Å². The van der Waals surface area contributed by atoms with Gasteiger partial charge in [0.15, 0.2) is 0 Å². The number of benzene rings is 2. The summed E-state index contributed by atoms with van der Waals surface area (Å²) in [5.41, 5.74) is 1.47. The molecule has 0 fully saturated rings. The molecular weight excluding hydrogens is 333 g/mol. The zero-order valence-corrected chi connectivity index (χ0v) is 14.5. The molecule has 5 nitrogen and oxygen atoms in total. The van der Waals surface area contributed by atoms with Gasteiger partial charge in [0.25, 0.3) is 5.91 Å². The molecule has 3 rings (SSSR count). The van der Waals surface area contributed by atoms with E-state index in [-0.39, 0.29) is 17.4 Å². The van der Waals surface area contributed by atoms with E-state index in [1.807, 2.05) is 32.0 Å². The van der Waals surface area contributed by atoms with Gasteiger partial charge in [-0.2, -0.15) is 0 Å². The minimum atomic E-state index is -0.795. The maximum Gasteiger partial charge on any atom is 0.254 e. The van der Waals surface area contributed by atoms with Crippen LogP contribution in [0.15, 0.2) is 54.7 Å². The van der Waals surface area contributed by atoms with Crippen molar-refractivity contribution in [2.45, 2.75) is 19.9 Å². The number of H-pyrrole nitrogens is 1. The molecule has 1 unspecified atom stereocenters. The fourth-order valence-corrected chi connectivity index (χ4v) is 2.80. The third kappa shape index (κ3) is 3.59. The number of anilines is 1. The summed E-state index contributed by atoms with van der Waals surface area (Å²) in [6.45, 7) is 3.64. The summed E-state index contributed by atoms with van der Waals surface area (Å²) < 4.78 is 13.8. The van der Waals surface area contributed by atoms with Gasteiger partial charge in [-0.3, -0.25) is 9.59 Å². The van der Waals surface area contributed by atoms with Crippen molar-refractivity contribution >= 4 is 28.4 Å². The molecule has 2 aromatic carbocycles. The van der Waals surface area contributed by atoms with Crippen molar-refractivity contribution < 1.29 is 14.0 Å². The van der Waals surface area contributed by atoms with Crippen LogP contribution < -0.4 is 10.6 Å². The Kier molecular flexibility index (Phi) is 5.02. The van der Waals surface area contributed by atoms with Crippen LogP contribution >= 0.6 is 0 Å². The minimum absolute atomic E-state index is 0.0845. The Morgan fingerprint density at radius 1 is 1.04 bits per heavy atom. The summed E-state index contributed by atoms with van der Waals surface area (Å²) in [5, 5.41) is 6.37. The highest BCUT2D eigenvalue weighted by molar-refractivity contribution is 6.05. The van der Waals surface area contributed by atoms with Gasteiger partial charge in [-0.15, -0.1) is 0 Å². The Labute approximate surface area is 150 Å². The van der Waals surface area contributed by atoms with E-state index in [0.29, 0.717) is 5.69 Å². The van der Waals surface area contributed by atoms with Crippen molar-refractivity contribution in [3.63, 3.8) is 0 Å². The smallest absolute Gasteiger partial charge is 0.254 e. The first-order valence-electron chi connectivity index (χ1n) is 8.39. The van der Waals surface area contributed by atoms with Crippen LogP contribution in [0.2, 0.25) is 0 Å². The van der Waals surface area contributed by atoms with Crippen molar-refractivity contribution in [1.82, 2.24) is 10.3 Å². The standard InChI is InChI=1S/C20H20FN3O2/c1-12(2)18(24-19(25)13-6-3-4-7-15(13)21)20(26)23-17-9-5-8-16-14(17)10-11-22-16/h3-12,18,22H,1-2H3,(H,23,26)(H,24,25). The SMILES string of the molecule is CC(C)C(NC(=O)c1ccccc1F)C(=O)Nc1cccc2[nH]ccc12. The van der Waals surface area contributed by atoms with Crippen LogP contribution in [0, 0.1) is 11.7 Å². The molecule has 26 heavy (non-hydrogen) atoms. The largest absolute Gasteiger partial charge is 0.361 e. The van der Waals surface area contributed by atoms with E-state index in [2.05, 4.69) is 15.6 Å². The van der Waals surface area contributed by atoms with Crippen LogP contribution in [0.5, 0.6) is 0 Å². The van der Waals surface area contributed by atoms with Crippen LogP contribution in [0.25, 0.3) is 10.9 Å². The number of hydrogen-bond donors (Lipinski definition) is 3. The van der Waals surface area contributed by atoms with Gasteiger partial charge >= 0.3 is 0 Å². The lowest BCUT2D eigenvalue weighted by Gasteiger charge is -2.22. The lowest BCUT2D eigenvalue weighted by Crippen LogP contribution is -2.47. The lowest BCUT2D eigenvalue weighted by atomic mass is 10.0. The summed E-state index contributed by atoms with van der Waals surface area (Å²) >= 11 is 0. The highest BCUT2D eigenvalue weighted by atomic mass is 19.1. The maximum absolute atomic E-state index is 13.8. The predicted octanol–water partition coefficient (Wildman–Crippen LogP) is 3.70. The minimum Gasteiger partial charge on any atom is -0.361 e. The molecule has 0 aliphatic heterocycles. The van der Waals surface area contributed by atoms with Crippen LogP contribution in [0.3, 0.4) is 0 Å². The Morgan fingerprint density at radius 2 is 1.81 bits per heavy atom. The molecule has 0 saturated carbocycles. The highest BCUT2D eigenvalue weighted by Gasteiger charge is 2.26. The quantitative estimate of drug-likeness (QED) is 0.654. The van der Waals surface area contributed by atoms with Gasteiger partial charge in [-0.25, -0.2) is 4.39 Å². The number of aromatic nitrogens is 1. The van der Waals surface area contributed by atoms with Crippen LogP contribution in [-0.2, 0) is 4.79 Å². The van der Waals surface area contributed by atoms with Crippen molar-refractivity contribution in [2.24, 2.45) is 5.92 Å². The first kappa shape index (κ1) is 17.7. The second-order valence-corrected chi connectivity index (χ2v) is 6.41. The van der Waals surface area contributed by atoms with E-state index in [1.54, 1.807) is 18.3 Å². The third-order valence-electron chi connectivity index (χ3n) is 4.21. The van der Waals surface area contributed by atoms with E-state index in [0.717, 1.165) is 10.9 Å². The molecule has 0 spiro atoms. The zero-order valence-electron chi connectivity index (χ0n) is 14.5. The average molecular weight is 353 g/mol. The summed E-state index contributed by atoms with van der Waals surface area (Å²) in [7, 11) is 0. The molecule has 6 heteroatoms. The summed E-state index contributed by atoms with van der Waals surface area (Å²) in [5.74, 6) is -1.75. The topological polar surface area (TPSA) is 74.0 Å². The highest BCUT2D eigenvalue weighted by Crippen LogP contribution is 2.22. The predicted molar refractivity (Wildman–Crippen MR) is 99.4 cm³/mol. The molecule has 0 aliphatic carbocycles. The van der Waals surface area contributed by atoms with Gasteiger partial charge < -0.3 is 15.6 Å². The molecule has 0 radical (unpaired) electrons. The van der Waals surface area contributed by atoms with Crippen molar-refractivity contribution in [2.75, 3.05) is 5.32 Å². The van der Waals surface area contributed by atoms with E-state index in [9.17, 15) is 14.0 Å². The molecule has 0 aliphatic rings. The first-order valence-corrected chi connectivity index (χ1v) is 8.39. The maximum atomic E-state index is 13.8. The van der Waals surface area contributed by atoms with Gasteiger partial charge in [0.1, 0.15) is 11.9 Å². The van der Waals surface area contributed by atoms with E-state index in [1.165, 1.54) is 18.2 Å². The van der Waals surface area contributed by atoms with Gasteiger partial charge in [0.05, 0.1) is 11.3 Å². The van der Waals surface area contributed by atoms with E-state index in [4.69, 9.17) is 0 Å². The number of halogens is 1. The van der Waals surface area contributed by atoms with Crippen molar-refractivity contribution in [3.05, 3.63) is 66.1 Å². The Balaban J connectivity index is 1.79. The van der Waals surface area contributed by atoms with E-state index < -0.39 is 17.8 Å². The fraction of sp³-hybridized carbons (Fsp3) is 0.200. The first-order chi connectivity index (χ1) is 12.5. The summed E-state index contributed by atoms with van der Waals surface area (Å²) in [6, 6.07) is 12.3. The average Bonchev–Trinajstić information content (AvgIpc) is 3.09. The summed E-state index contributed by atoms with van der Waals surface area (Å²) in [6.07, 6.45) is 1.79. The molecule has 1 aromatic heterocycles. The van der Waals surface area contributed by atoms with Gasteiger partial charge in [-0.05, 0) is 36.2 Å². The molecule has 1 heterocycles. The molecule has 2 amide bonds. The number of carbonyl (C=O) groups excluding carboxylic acids is 2. The van der Waals surface area contributed by atoms with Gasteiger partial charge in [0.2, 0.25) is 5.91 Å². The monoisotopic (exact) mass is 353 g/mol. The number of amides is 2. The summed E-state index contributed by atoms with van der Waals surface area (Å²) in [4.78, 5) is 28.2. The zero-order chi connectivity index (χ0) is 18.7. The second-order valence-electron chi connectivity index (χ2n) is 6.41. The molecule has 1 atom stereocenters. The molecule has 3 N–H and O–H groups in total. The Hall–Kier alpha value is -3.15. The van der Waals surface area contributed by atoms with Gasteiger partial charge in [-0.1, -0.05) is 32.0 Å². The number of carbonyl (C=O) groups is 2. The Morgan fingerprint density at radius 3 is 2.54 bits per heavy atom. The second kappa shape index (κ2) is 7.39. The van der Waals surface area contributed by atoms with Gasteiger partial charge in [0, 0.05) is 17.1 Å². The number of hydrogen-bond acceptors (Lipinski definition) is 2. The molecular formula is C20H20FN3O2. The molecule has 134 valence electrons. The van der Waals surface area contributed by atoms with Crippen LogP contribution in [0.1, 0.15) is 24.2 Å². The number of rotatable bonds is 5. The molecule has 0 saturated heterocycles. The van der Waals surface area contributed by atoms with Crippen molar-refractivity contribution in [3.8, 4) is 0 Å². The molecule has 0 bridgehead atoms. The fourth-order valence-electron chi connectivity index (χ4n) is 2.80. The molecule has 3 aromatic rings. The normalized spacial score (nSPS) is 12.2. The van der Waals surface area contributed by atoms with Crippen molar-refractivity contribution in [1.29, 1.82) is 0 Å². The van der Waals surface area contributed by atoms with Crippen LogP contribution in [-0.4, -0.2) is 22.8 Å².